The Morgan fingerprint density at radius 3 is 2.34 bits per heavy atom. The number of carbonyl (C=O) groups excluding carboxylic acids is 3. The van der Waals surface area contributed by atoms with Crippen molar-refractivity contribution in [2.45, 2.75) is 70.1 Å². The van der Waals surface area contributed by atoms with Gasteiger partial charge in [-0.1, -0.05) is 20.3 Å². The molecule has 0 aromatic carbocycles. The third-order valence-electron chi connectivity index (χ3n) is 5.93. The predicted molar refractivity (Wildman–Crippen MR) is 146 cm³/mol. The molecule has 214 valence electrons. The van der Waals surface area contributed by atoms with Gasteiger partial charge in [-0.15, -0.1) is 0 Å². The fourth-order valence-corrected chi connectivity index (χ4v) is 3.96. The minimum absolute atomic E-state index is 0.0976. The molecule has 0 saturated heterocycles. The first kappa shape index (κ1) is 32.7. The Kier molecular flexibility index (Phi) is 14.8. The number of imidazole rings is 1. The van der Waals surface area contributed by atoms with Crippen LogP contribution in [0.5, 0.6) is 0 Å². The number of nitrogens with one attached hydrogen (secondary N) is 4. The molecule has 11 N–H and O–H groups in total. The van der Waals surface area contributed by atoms with Crippen molar-refractivity contribution in [2.75, 3.05) is 18.6 Å². The average molecular weight is 556 g/mol. The number of thioether (sulfide) groups is 1. The van der Waals surface area contributed by atoms with E-state index >= 15 is 0 Å². The Balaban J connectivity index is 3.01. The van der Waals surface area contributed by atoms with E-state index in [0.29, 0.717) is 24.3 Å². The summed E-state index contributed by atoms with van der Waals surface area (Å²) >= 11 is 1.46. The molecule has 0 radical (unpaired) electrons. The molecule has 3 amide bonds. The highest BCUT2D eigenvalue weighted by Gasteiger charge is 2.32. The highest BCUT2D eigenvalue weighted by atomic mass is 32.2. The summed E-state index contributed by atoms with van der Waals surface area (Å²) in [5, 5.41) is 17.4. The first-order valence-corrected chi connectivity index (χ1v) is 13.8. The number of hydrogen-bond donors (Lipinski definition) is 8. The topological polar surface area (TPSA) is 244 Å². The number of carboxylic acids is 1. The third-order valence-corrected chi connectivity index (χ3v) is 6.57. The zero-order valence-electron chi connectivity index (χ0n) is 22.1. The number of aliphatic carboxylic acids is 1. The van der Waals surface area contributed by atoms with Crippen LogP contribution >= 0.6 is 11.8 Å². The van der Waals surface area contributed by atoms with E-state index in [-0.39, 0.29) is 37.7 Å². The number of aromatic amines is 1. The molecule has 0 spiro atoms. The van der Waals surface area contributed by atoms with Gasteiger partial charge < -0.3 is 43.2 Å². The van der Waals surface area contributed by atoms with Crippen molar-refractivity contribution in [3.8, 4) is 0 Å². The summed E-state index contributed by atoms with van der Waals surface area (Å²) in [6, 6.07) is -4.09. The highest BCUT2D eigenvalue weighted by molar-refractivity contribution is 7.98. The zero-order chi connectivity index (χ0) is 28.7. The van der Waals surface area contributed by atoms with E-state index in [1.807, 2.05) is 13.2 Å². The summed E-state index contributed by atoms with van der Waals surface area (Å²) in [6.45, 7) is 3.85. The second kappa shape index (κ2) is 17.2. The van der Waals surface area contributed by atoms with Crippen LogP contribution in [-0.2, 0) is 25.6 Å². The summed E-state index contributed by atoms with van der Waals surface area (Å²) in [6.07, 6.45) is 6.34. The zero-order valence-corrected chi connectivity index (χ0v) is 22.9. The van der Waals surface area contributed by atoms with Crippen LogP contribution in [0.1, 0.15) is 45.2 Å². The van der Waals surface area contributed by atoms with Crippen molar-refractivity contribution in [3.05, 3.63) is 18.2 Å². The van der Waals surface area contributed by atoms with Crippen LogP contribution < -0.4 is 33.2 Å². The van der Waals surface area contributed by atoms with E-state index in [2.05, 4.69) is 30.9 Å². The first-order valence-electron chi connectivity index (χ1n) is 12.4. The molecule has 0 saturated carbocycles. The molecule has 0 aliphatic carbocycles. The number of nitrogens with two attached hydrogens (primary N) is 3. The predicted octanol–water partition coefficient (Wildman–Crippen LogP) is -1.33. The third kappa shape index (κ3) is 11.8. The second-order valence-corrected chi connectivity index (χ2v) is 9.94. The number of carbonyl (C=O) groups is 4. The van der Waals surface area contributed by atoms with Gasteiger partial charge in [0.25, 0.3) is 0 Å². The van der Waals surface area contributed by atoms with Gasteiger partial charge in [0.2, 0.25) is 17.7 Å². The van der Waals surface area contributed by atoms with Crippen LogP contribution in [0.4, 0.5) is 0 Å². The lowest BCUT2D eigenvalue weighted by Gasteiger charge is -2.28. The number of hydrogen-bond acceptors (Lipinski definition) is 8. The summed E-state index contributed by atoms with van der Waals surface area (Å²) in [5.74, 6) is -2.79. The Bertz CT molecular complexity index is 924. The molecule has 0 aliphatic heterocycles. The van der Waals surface area contributed by atoms with Crippen LogP contribution in [0.15, 0.2) is 17.5 Å². The molecule has 1 rings (SSSR count). The maximum atomic E-state index is 13.3. The lowest BCUT2D eigenvalue weighted by Crippen LogP contribution is -2.58. The van der Waals surface area contributed by atoms with Gasteiger partial charge in [-0.2, -0.15) is 11.8 Å². The number of aliphatic imine (C=N–C) groups is 1. The number of rotatable bonds is 18. The van der Waals surface area contributed by atoms with E-state index in [4.69, 9.17) is 17.2 Å². The van der Waals surface area contributed by atoms with E-state index in [9.17, 15) is 24.3 Å². The maximum absolute atomic E-state index is 13.3. The second-order valence-electron chi connectivity index (χ2n) is 8.95. The lowest BCUT2D eigenvalue weighted by molar-refractivity contribution is -0.142. The molecule has 1 aromatic heterocycles. The summed E-state index contributed by atoms with van der Waals surface area (Å²) < 4.78 is 0. The number of amides is 3. The van der Waals surface area contributed by atoms with Crippen molar-refractivity contribution in [2.24, 2.45) is 28.1 Å². The van der Waals surface area contributed by atoms with Crippen LogP contribution in [0.25, 0.3) is 0 Å². The minimum atomic E-state index is -1.15. The van der Waals surface area contributed by atoms with Gasteiger partial charge in [0.1, 0.15) is 18.1 Å². The van der Waals surface area contributed by atoms with Crippen molar-refractivity contribution < 1.29 is 24.3 Å². The Hall–Kier alpha value is -3.33. The molecule has 5 atom stereocenters. The fraction of sp³-hybridized carbons (Fsp3) is 0.652. The van der Waals surface area contributed by atoms with Gasteiger partial charge in [0.15, 0.2) is 5.96 Å². The van der Waals surface area contributed by atoms with Gasteiger partial charge in [-0.25, -0.2) is 9.78 Å². The van der Waals surface area contributed by atoms with E-state index in [0.717, 1.165) is 0 Å². The van der Waals surface area contributed by atoms with Gasteiger partial charge in [0.05, 0.1) is 12.4 Å². The molecular weight excluding hydrogens is 514 g/mol. The number of aromatic nitrogens is 2. The first-order chi connectivity index (χ1) is 18.0. The van der Waals surface area contributed by atoms with Crippen LogP contribution in [0, 0.1) is 5.92 Å². The van der Waals surface area contributed by atoms with E-state index in [1.54, 1.807) is 13.1 Å². The largest absolute Gasteiger partial charge is 0.480 e. The quantitative estimate of drug-likeness (QED) is 0.0602. The van der Waals surface area contributed by atoms with Crippen molar-refractivity contribution >= 4 is 41.4 Å². The number of guanidine groups is 1. The molecule has 38 heavy (non-hydrogen) atoms. The SMILES string of the molecule is CCC(C)C(NC(=O)C(CCCN=C(N)N)NC(=O)C(N)Cc1cnc[nH]1)C(=O)NC(CCSC)C(=O)O. The van der Waals surface area contributed by atoms with Crippen LogP contribution in [0.2, 0.25) is 0 Å². The molecule has 0 fully saturated rings. The molecule has 1 aromatic rings. The molecular formula is C23H41N9O5S. The maximum Gasteiger partial charge on any atom is 0.326 e. The molecule has 15 heteroatoms. The Labute approximate surface area is 226 Å². The molecule has 1 heterocycles. The van der Waals surface area contributed by atoms with E-state index in [1.165, 1.54) is 18.1 Å². The Morgan fingerprint density at radius 2 is 1.79 bits per heavy atom. The standard InChI is InChI=1S/C23H41N9O5S/c1-4-13(2)18(21(35)31-17(22(36)37)7-9-38-3)32-20(34)16(6-5-8-28-23(25)26)30-19(33)15(24)10-14-11-27-12-29-14/h11-13,15-18H,4-10,24H2,1-3H3,(H,27,29)(H,30,33)(H,31,35)(H,32,34)(H,36,37)(H4,25,26,28). The minimum Gasteiger partial charge on any atom is -0.480 e. The fourth-order valence-electron chi connectivity index (χ4n) is 3.49. The summed E-state index contributed by atoms with van der Waals surface area (Å²) in [5.41, 5.74) is 17.4. The average Bonchev–Trinajstić information content (AvgIpc) is 3.38. The monoisotopic (exact) mass is 555 g/mol. The van der Waals surface area contributed by atoms with Crippen molar-refractivity contribution in [3.63, 3.8) is 0 Å². The molecule has 0 aliphatic rings. The molecule has 0 bridgehead atoms. The normalized spacial score (nSPS) is 14.8. The molecule has 5 unspecified atom stereocenters. The number of H-pyrrole nitrogens is 1. The lowest BCUT2D eigenvalue weighted by atomic mass is 9.97. The van der Waals surface area contributed by atoms with Gasteiger partial charge in [-0.05, 0) is 37.2 Å². The smallest absolute Gasteiger partial charge is 0.326 e. The van der Waals surface area contributed by atoms with Gasteiger partial charge >= 0.3 is 5.97 Å². The van der Waals surface area contributed by atoms with E-state index < -0.39 is 47.9 Å². The van der Waals surface area contributed by atoms with Crippen LogP contribution in [0.3, 0.4) is 0 Å². The van der Waals surface area contributed by atoms with Gasteiger partial charge in [0, 0.05) is 24.9 Å². The van der Waals surface area contributed by atoms with Crippen molar-refractivity contribution in [1.29, 1.82) is 0 Å². The van der Waals surface area contributed by atoms with Crippen molar-refractivity contribution in [1.82, 2.24) is 25.9 Å². The summed E-state index contributed by atoms with van der Waals surface area (Å²) in [7, 11) is 0. The Morgan fingerprint density at radius 1 is 1.11 bits per heavy atom. The van der Waals surface area contributed by atoms with Crippen LogP contribution in [-0.4, -0.2) is 87.4 Å². The summed E-state index contributed by atoms with van der Waals surface area (Å²) in [4.78, 5) is 61.4. The highest BCUT2D eigenvalue weighted by Crippen LogP contribution is 2.11. The number of carboxylic acid groups (broad SMARTS) is 1. The number of nitrogens with zero attached hydrogens (tertiary/aromatic N) is 2. The van der Waals surface area contributed by atoms with Gasteiger partial charge in [-0.3, -0.25) is 19.4 Å². The molecule has 14 nitrogen and oxygen atoms in total.